The van der Waals surface area contributed by atoms with Crippen molar-refractivity contribution in [3.63, 3.8) is 0 Å². The maximum absolute atomic E-state index is 13.6. The fourth-order valence-corrected chi connectivity index (χ4v) is 4.14. The lowest BCUT2D eigenvalue weighted by molar-refractivity contribution is -0.142. The van der Waals surface area contributed by atoms with E-state index >= 15 is 0 Å². The summed E-state index contributed by atoms with van der Waals surface area (Å²) in [7, 11) is 1.45. The van der Waals surface area contributed by atoms with Gasteiger partial charge < -0.3 is 15.0 Å². The SMILES string of the molecule is COc1cc(F)cc2sc(NC(=O)C3CCCN(C(=O)C(C)(C)C)C3)nc12. The van der Waals surface area contributed by atoms with Crippen molar-refractivity contribution >= 4 is 38.5 Å². The number of nitrogens with zero attached hydrogens (tertiary/aromatic N) is 2. The fourth-order valence-electron chi connectivity index (χ4n) is 3.23. The molecular weight excluding hydrogens is 369 g/mol. The maximum atomic E-state index is 13.6. The molecule has 0 saturated carbocycles. The van der Waals surface area contributed by atoms with Gasteiger partial charge in [-0.15, -0.1) is 0 Å². The zero-order valence-electron chi connectivity index (χ0n) is 16.0. The first-order valence-corrected chi connectivity index (χ1v) is 9.75. The van der Waals surface area contributed by atoms with E-state index in [9.17, 15) is 14.0 Å². The second-order valence-corrected chi connectivity index (χ2v) is 8.83. The van der Waals surface area contributed by atoms with Crippen LogP contribution in [0.25, 0.3) is 10.2 Å². The quantitative estimate of drug-likeness (QED) is 0.864. The molecule has 1 atom stereocenters. The Hall–Kier alpha value is -2.22. The van der Waals surface area contributed by atoms with E-state index in [4.69, 9.17) is 4.74 Å². The number of methoxy groups -OCH3 is 1. The van der Waals surface area contributed by atoms with Gasteiger partial charge in [-0.2, -0.15) is 0 Å². The molecule has 6 nitrogen and oxygen atoms in total. The van der Waals surface area contributed by atoms with Crippen LogP contribution in [0.1, 0.15) is 33.6 Å². The lowest BCUT2D eigenvalue weighted by Crippen LogP contribution is -2.47. The molecule has 8 heteroatoms. The molecular formula is C19H24FN3O3S. The van der Waals surface area contributed by atoms with Crippen LogP contribution in [0.3, 0.4) is 0 Å². The van der Waals surface area contributed by atoms with Gasteiger partial charge in [-0.1, -0.05) is 32.1 Å². The average molecular weight is 393 g/mol. The molecule has 2 aromatic rings. The molecule has 1 aromatic carbocycles. The largest absolute Gasteiger partial charge is 0.494 e. The van der Waals surface area contributed by atoms with E-state index < -0.39 is 11.2 Å². The molecule has 2 amide bonds. The number of hydrogen-bond acceptors (Lipinski definition) is 5. The molecule has 1 aliphatic heterocycles. The van der Waals surface area contributed by atoms with Crippen LogP contribution in [0.4, 0.5) is 9.52 Å². The number of likely N-dealkylation sites (tertiary alicyclic amines) is 1. The van der Waals surface area contributed by atoms with Crippen molar-refractivity contribution in [2.75, 3.05) is 25.5 Å². The number of ether oxygens (including phenoxy) is 1. The van der Waals surface area contributed by atoms with E-state index in [0.717, 1.165) is 12.8 Å². The van der Waals surface area contributed by atoms with Gasteiger partial charge in [0.15, 0.2) is 5.13 Å². The summed E-state index contributed by atoms with van der Waals surface area (Å²) in [6.07, 6.45) is 1.52. The number of rotatable bonds is 3. The third-order valence-corrected chi connectivity index (χ3v) is 5.51. The third-order valence-electron chi connectivity index (χ3n) is 4.60. The molecule has 1 N–H and O–H groups in total. The van der Waals surface area contributed by atoms with E-state index in [1.807, 2.05) is 20.8 Å². The Balaban J connectivity index is 1.73. The summed E-state index contributed by atoms with van der Waals surface area (Å²) in [4.78, 5) is 31.3. The molecule has 1 fully saturated rings. The standard InChI is InChI=1S/C19H24FN3O3S/c1-19(2,3)17(25)23-7-5-6-11(10-23)16(24)22-18-21-15-13(26-4)8-12(20)9-14(15)27-18/h8-9,11H,5-7,10H2,1-4H3,(H,21,22,24). The Morgan fingerprint density at radius 1 is 1.37 bits per heavy atom. The van der Waals surface area contributed by atoms with Crippen molar-refractivity contribution in [1.29, 1.82) is 0 Å². The number of fused-ring (bicyclic) bond motifs is 1. The first-order valence-electron chi connectivity index (χ1n) is 8.93. The Morgan fingerprint density at radius 2 is 2.11 bits per heavy atom. The molecule has 146 valence electrons. The minimum absolute atomic E-state index is 0.0557. The van der Waals surface area contributed by atoms with Gasteiger partial charge in [-0.25, -0.2) is 9.37 Å². The molecule has 1 saturated heterocycles. The van der Waals surface area contributed by atoms with Gasteiger partial charge in [0.25, 0.3) is 0 Å². The molecule has 1 aliphatic rings. The number of aromatic nitrogens is 1. The molecule has 0 aliphatic carbocycles. The highest BCUT2D eigenvalue weighted by molar-refractivity contribution is 7.22. The van der Waals surface area contributed by atoms with Crippen molar-refractivity contribution in [3.05, 3.63) is 17.9 Å². The number of halogens is 1. The van der Waals surface area contributed by atoms with E-state index in [1.165, 1.54) is 30.6 Å². The number of amides is 2. The highest BCUT2D eigenvalue weighted by Gasteiger charge is 2.33. The van der Waals surface area contributed by atoms with Crippen LogP contribution in [-0.4, -0.2) is 41.9 Å². The first kappa shape index (κ1) is 19.5. The molecule has 0 bridgehead atoms. The van der Waals surface area contributed by atoms with Gasteiger partial charge in [-0.05, 0) is 18.9 Å². The molecule has 3 rings (SSSR count). The number of carbonyl (C=O) groups is 2. The maximum Gasteiger partial charge on any atom is 0.231 e. The molecule has 0 spiro atoms. The van der Waals surface area contributed by atoms with Gasteiger partial charge >= 0.3 is 0 Å². The summed E-state index contributed by atoms with van der Waals surface area (Å²) in [5, 5.41) is 3.22. The van der Waals surface area contributed by atoms with Gasteiger partial charge in [0, 0.05) is 24.6 Å². The first-order chi connectivity index (χ1) is 12.7. The Labute approximate surface area is 161 Å². The number of benzene rings is 1. The van der Waals surface area contributed by atoms with Crippen LogP contribution in [0, 0.1) is 17.2 Å². The summed E-state index contributed by atoms with van der Waals surface area (Å²) >= 11 is 1.20. The average Bonchev–Trinajstić information content (AvgIpc) is 3.01. The summed E-state index contributed by atoms with van der Waals surface area (Å²) in [6, 6.07) is 2.64. The normalized spacial score (nSPS) is 17.8. The van der Waals surface area contributed by atoms with Crippen LogP contribution in [0.5, 0.6) is 5.75 Å². The molecule has 1 unspecified atom stereocenters. The van der Waals surface area contributed by atoms with Crippen molar-refractivity contribution < 1.29 is 18.7 Å². The van der Waals surface area contributed by atoms with Gasteiger partial charge in [0.2, 0.25) is 11.8 Å². The predicted molar refractivity (Wildman–Crippen MR) is 104 cm³/mol. The van der Waals surface area contributed by atoms with Crippen LogP contribution in [0.2, 0.25) is 0 Å². The highest BCUT2D eigenvalue weighted by atomic mass is 32.1. The minimum atomic E-state index is -0.466. The van der Waals surface area contributed by atoms with Crippen LogP contribution in [-0.2, 0) is 9.59 Å². The zero-order valence-corrected chi connectivity index (χ0v) is 16.8. The van der Waals surface area contributed by atoms with Gasteiger partial charge in [0.1, 0.15) is 17.1 Å². The monoisotopic (exact) mass is 393 g/mol. The third kappa shape index (κ3) is 4.21. The number of anilines is 1. The van der Waals surface area contributed by atoms with Crippen LogP contribution < -0.4 is 10.1 Å². The number of carbonyl (C=O) groups excluding carboxylic acids is 2. The summed E-state index contributed by atoms with van der Waals surface area (Å²) in [6.45, 7) is 6.73. The van der Waals surface area contributed by atoms with Crippen molar-refractivity contribution in [2.45, 2.75) is 33.6 Å². The van der Waals surface area contributed by atoms with Crippen LogP contribution >= 0.6 is 11.3 Å². The second kappa shape index (κ2) is 7.42. The molecule has 1 aromatic heterocycles. The number of piperidine rings is 1. The Morgan fingerprint density at radius 3 is 2.78 bits per heavy atom. The Kier molecular flexibility index (Phi) is 5.37. The highest BCUT2D eigenvalue weighted by Crippen LogP contribution is 2.34. The van der Waals surface area contributed by atoms with Crippen molar-refractivity contribution in [1.82, 2.24) is 9.88 Å². The van der Waals surface area contributed by atoms with E-state index in [0.29, 0.717) is 34.2 Å². The zero-order chi connectivity index (χ0) is 19.8. The summed E-state index contributed by atoms with van der Waals surface area (Å²) in [5.74, 6) is -0.471. The van der Waals surface area contributed by atoms with Crippen LogP contribution in [0.15, 0.2) is 12.1 Å². The van der Waals surface area contributed by atoms with Crippen molar-refractivity contribution in [3.8, 4) is 5.75 Å². The van der Waals surface area contributed by atoms with Gasteiger partial charge in [-0.3, -0.25) is 9.59 Å². The lowest BCUT2D eigenvalue weighted by Gasteiger charge is -2.35. The minimum Gasteiger partial charge on any atom is -0.494 e. The molecule has 0 radical (unpaired) electrons. The van der Waals surface area contributed by atoms with E-state index in [2.05, 4.69) is 10.3 Å². The van der Waals surface area contributed by atoms with Crippen molar-refractivity contribution in [2.24, 2.45) is 11.3 Å². The number of nitrogens with one attached hydrogen (secondary N) is 1. The van der Waals surface area contributed by atoms with Gasteiger partial charge in [0.05, 0.1) is 17.7 Å². The number of hydrogen-bond donors (Lipinski definition) is 1. The van der Waals surface area contributed by atoms with E-state index in [-0.39, 0.29) is 17.7 Å². The summed E-state index contributed by atoms with van der Waals surface area (Å²) < 4.78 is 19.4. The van der Waals surface area contributed by atoms with E-state index in [1.54, 1.807) is 4.90 Å². The summed E-state index contributed by atoms with van der Waals surface area (Å²) in [5.41, 5.74) is 0.0545. The predicted octanol–water partition coefficient (Wildman–Crippen LogP) is 3.67. The molecule has 2 heterocycles. The fraction of sp³-hybridized carbons (Fsp3) is 0.526. The number of thiazole rings is 1. The topological polar surface area (TPSA) is 71.5 Å². The Bertz CT molecular complexity index is 875. The molecule has 27 heavy (non-hydrogen) atoms. The lowest BCUT2D eigenvalue weighted by atomic mass is 9.91. The smallest absolute Gasteiger partial charge is 0.231 e. The second-order valence-electron chi connectivity index (χ2n) is 7.80.